The lowest BCUT2D eigenvalue weighted by Crippen LogP contribution is -2.48. The summed E-state index contributed by atoms with van der Waals surface area (Å²) in [6, 6.07) is 10.2. The summed E-state index contributed by atoms with van der Waals surface area (Å²) < 4.78 is 6.11. The van der Waals surface area contributed by atoms with Crippen molar-refractivity contribution in [1.29, 1.82) is 0 Å². The molecule has 5 rings (SSSR count). The molecular weight excluding hydrogens is 372 g/mol. The second-order valence-corrected chi connectivity index (χ2v) is 10.4. The van der Waals surface area contributed by atoms with Crippen molar-refractivity contribution >= 4 is 11.8 Å². The molecule has 1 aromatic rings. The Morgan fingerprint density at radius 3 is 2.70 bits per heavy atom. The van der Waals surface area contributed by atoms with Crippen LogP contribution in [0.5, 0.6) is 0 Å². The Balaban J connectivity index is 1.23. The summed E-state index contributed by atoms with van der Waals surface area (Å²) in [6.07, 6.45) is 12.0. The molecule has 0 N–H and O–H groups in total. The molecule has 160 valence electrons. The van der Waals surface area contributed by atoms with Crippen LogP contribution in [-0.4, -0.2) is 17.9 Å². The molecule has 0 aliphatic heterocycles. The highest BCUT2D eigenvalue weighted by Gasteiger charge is 2.57. The fraction of sp³-hybridized carbons (Fsp3) is 0.630. The second-order valence-electron chi connectivity index (χ2n) is 10.4. The van der Waals surface area contributed by atoms with Gasteiger partial charge in [-0.2, -0.15) is 0 Å². The molecule has 30 heavy (non-hydrogen) atoms. The minimum atomic E-state index is -0.0347. The number of hydrogen-bond donors (Lipinski definition) is 0. The van der Waals surface area contributed by atoms with Gasteiger partial charge in [0, 0.05) is 18.3 Å². The fourth-order valence-corrected chi connectivity index (χ4v) is 7.43. The Bertz CT molecular complexity index is 841. The Kier molecular flexibility index (Phi) is 5.33. The lowest BCUT2D eigenvalue weighted by molar-refractivity contribution is -0.158. The number of rotatable bonds is 4. The number of aryl methyl sites for hydroxylation is 1. The fourth-order valence-electron chi connectivity index (χ4n) is 7.43. The summed E-state index contributed by atoms with van der Waals surface area (Å²) in [5, 5.41) is 0. The van der Waals surface area contributed by atoms with Gasteiger partial charge in [-0.3, -0.25) is 9.59 Å². The maximum atomic E-state index is 12.6. The molecule has 3 heteroatoms. The Hall–Kier alpha value is -1.90. The number of benzene rings is 1. The first-order valence-corrected chi connectivity index (χ1v) is 12.0. The van der Waals surface area contributed by atoms with E-state index in [4.69, 9.17) is 4.74 Å². The smallest absolute Gasteiger partial charge is 0.306 e. The van der Waals surface area contributed by atoms with E-state index in [0.29, 0.717) is 24.0 Å². The highest BCUT2D eigenvalue weighted by Crippen LogP contribution is 2.62. The van der Waals surface area contributed by atoms with Crippen LogP contribution in [0.1, 0.15) is 70.3 Å². The molecule has 4 aliphatic rings. The quantitative estimate of drug-likeness (QED) is 0.605. The van der Waals surface area contributed by atoms with Crippen molar-refractivity contribution in [3.63, 3.8) is 0 Å². The first-order valence-electron chi connectivity index (χ1n) is 12.0. The monoisotopic (exact) mass is 406 g/mol. The van der Waals surface area contributed by atoms with Crippen molar-refractivity contribution in [2.45, 2.75) is 77.2 Å². The largest absolute Gasteiger partial charge is 0.462 e. The maximum absolute atomic E-state index is 12.6. The van der Waals surface area contributed by atoms with Gasteiger partial charge < -0.3 is 4.74 Å². The van der Waals surface area contributed by atoms with Gasteiger partial charge in [0.05, 0.1) is 0 Å². The molecule has 0 amide bonds. The molecule has 3 nitrogen and oxygen atoms in total. The van der Waals surface area contributed by atoms with Crippen LogP contribution in [0.4, 0.5) is 0 Å². The number of ether oxygens (including phenoxy) is 1. The summed E-state index contributed by atoms with van der Waals surface area (Å²) in [6.45, 7) is 2.39. The van der Waals surface area contributed by atoms with Gasteiger partial charge in [-0.05, 0) is 86.7 Å². The van der Waals surface area contributed by atoms with Gasteiger partial charge in [0.25, 0.3) is 0 Å². The van der Waals surface area contributed by atoms with E-state index in [0.717, 1.165) is 50.4 Å². The molecule has 0 bridgehead atoms. The van der Waals surface area contributed by atoms with Crippen LogP contribution in [0.15, 0.2) is 42.0 Å². The third kappa shape index (κ3) is 3.55. The van der Waals surface area contributed by atoms with E-state index >= 15 is 0 Å². The van der Waals surface area contributed by atoms with Crippen LogP contribution in [0.3, 0.4) is 0 Å². The van der Waals surface area contributed by atoms with Gasteiger partial charge in [0.2, 0.25) is 0 Å². The van der Waals surface area contributed by atoms with Crippen molar-refractivity contribution in [1.82, 2.24) is 0 Å². The Morgan fingerprint density at radius 1 is 1.03 bits per heavy atom. The molecule has 0 saturated heterocycles. The summed E-state index contributed by atoms with van der Waals surface area (Å²) in [5.74, 6) is 3.09. The van der Waals surface area contributed by atoms with Crippen LogP contribution in [0.25, 0.3) is 0 Å². The number of hydrogen-bond acceptors (Lipinski definition) is 3. The van der Waals surface area contributed by atoms with E-state index in [2.05, 4.69) is 19.1 Å². The molecule has 4 aliphatic carbocycles. The minimum absolute atomic E-state index is 0.0347. The summed E-state index contributed by atoms with van der Waals surface area (Å²) >= 11 is 0. The molecule has 0 radical (unpaired) electrons. The molecule has 0 unspecified atom stereocenters. The third-order valence-corrected chi connectivity index (χ3v) is 8.95. The Morgan fingerprint density at radius 2 is 1.87 bits per heavy atom. The molecular formula is C27H34O3. The van der Waals surface area contributed by atoms with Crippen LogP contribution >= 0.6 is 0 Å². The predicted molar refractivity (Wildman–Crippen MR) is 117 cm³/mol. The van der Waals surface area contributed by atoms with E-state index in [9.17, 15) is 9.59 Å². The van der Waals surface area contributed by atoms with Crippen molar-refractivity contribution in [2.24, 2.45) is 29.1 Å². The zero-order valence-electron chi connectivity index (χ0n) is 18.1. The molecule has 6 atom stereocenters. The summed E-state index contributed by atoms with van der Waals surface area (Å²) in [5.41, 5.74) is 2.77. The van der Waals surface area contributed by atoms with Gasteiger partial charge in [-0.15, -0.1) is 0 Å². The number of ketones is 1. The third-order valence-electron chi connectivity index (χ3n) is 8.95. The SMILES string of the molecule is C[C@]12CC[C@H]3[C@@H](CCC4=CC(=O)CC[C@H]43)[C@@H]1CC[C@@H]2OC(=O)CCc1ccccc1. The van der Waals surface area contributed by atoms with Crippen LogP contribution in [0.2, 0.25) is 0 Å². The average molecular weight is 407 g/mol. The summed E-state index contributed by atoms with van der Waals surface area (Å²) in [7, 11) is 0. The maximum Gasteiger partial charge on any atom is 0.306 e. The zero-order valence-corrected chi connectivity index (χ0v) is 18.1. The zero-order chi connectivity index (χ0) is 20.7. The van der Waals surface area contributed by atoms with Gasteiger partial charge in [0.1, 0.15) is 6.10 Å². The van der Waals surface area contributed by atoms with Gasteiger partial charge in [-0.1, -0.05) is 42.8 Å². The molecule has 0 heterocycles. The van der Waals surface area contributed by atoms with Crippen LogP contribution < -0.4 is 0 Å². The lowest BCUT2D eigenvalue weighted by Gasteiger charge is -2.53. The topological polar surface area (TPSA) is 43.4 Å². The number of carbonyl (C=O) groups is 2. The molecule has 0 spiro atoms. The summed E-state index contributed by atoms with van der Waals surface area (Å²) in [4.78, 5) is 24.5. The Labute approximate surface area is 180 Å². The molecule has 3 fully saturated rings. The minimum Gasteiger partial charge on any atom is -0.462 e. The van der Waals surface area contributed by atoms with Gasteiger partial charge in [0.15, 0.2) is 5.78 Å². The molecule has 3 saturated carbocycles. The van der Waals surface area contributed by atoms with Crippen molar-refractivity contribution < 1.29 is 14.3 Å². The van der Waals surface area contributed by atoms with Crippen molar-refractivity contribution in [3.05, 3.63) is 47.5 Å². The molecule has 1 aromatic carbocycles. The highest BCUT2D eigenvalue weighted by atomic mass is 16.5. The first kappa shape index (κ1) is 20.0. The van der Waals surface area contributed by atoms with Crippen LogP contribution in [-0.2, 0) is 20.7 Å². The average Bonchev–Trinajstić information content (AvgIpc) is 3.09. The van der Waals surface area contributed by atoms with Crippen molar-refractivity contribution in [2.75, 3.05) is 0 Å². The highest BCUT2D eigenvalue weighted by molar-refractivity contribution is 5.91. The van der Waals surface area contributed by atoms with Gasteiger partial charge >= 0.3 is 5.97 Å². The standard InChI is InChI=1S/C27H34O3/c1-27-16-15-22-21-11-9-20(28)17-19(21)8-10-23(22)24(27)12-13-25(27)30-26(29)14-7-18-5-3-2-4-6-18/h2-6,17,21-25H,7-16H2,1H3/t21-,22-,23-,24+,25+,27+/m1/s1. The first-order chi connectivity index (χ1) is 14.5. The normalized spacial score (nSPS) is 37.6. The van der Waals surface area contributed by atoms with Crippen molar-refractivity contribution in [3.8, 4) is 0 Å². The van der Waals surface area contributed by atoms with Crippen LogP contribution in [0, 0.1) is 29.1 Å². The number of fused-ring (bicyclic) bond motifs is 5. The van der Waals surface area contributed by atoms with E-state index in [1.54, 1.807) is 0 Å². The lowest BCUT2D eigenvalue weighted by atomic mass is 9.52. The van der Waals surface area contributed by atoms with E-state index in [1.165, 1.54) is 30.4 Å². The predicted octanol–water partition coefficient (Wildman–Crippen LogP) is 5.67. The number of allylic oxidation sites excluding steroid dienone is 1. The van der Waals surface area contributed by atoms with E-state index < -0.39 is 0 Å². The van der Waals surface area contributed by atoms with Gasteiger partial charge in [-0.25, -0.2) is 0 Å². The number of carbonyl (C=O) groups excluding carboxylic acids is 2. The molecule has 0 aromatic heterocycles. The van der Waals surface area contributed by atoms with E-state index in [-0.39, 0.29) is 17.5 Å². The second kappa shape index (κ2) is 7.98. The van der Waals surface area contributed by atoms with E-state index in [1.807, 2.05) is 24.3 Å². The number of esters is 1.